The number of rotatable bonds is 0. The molecular formula is C10H13NO. The van der Waals surface area contributed by atoms with E-state index in [4.69, 9.17) is 4.74 Å². The van der Waals surface area contributed by atoms with E-state index in [1.165, 1.54) is 5.56 Å². The van der Waals surface area contributed by atoms with Crippen molar-refractivity contribution in [1.82, 2.24) is 0 Å². The standard InChI is InChI=1S/C10H13NO/c1-7-3-4-9-10(5-7)12-8(2)6-11-9/h3-5,8,11H,6H2,1-2H3/t8-/m1/s1. The minimum absolute atomic E-state index is 0.277. The predicted octanol–water partition coefficient (Wildman–Crippen LogP) is 2.19. The molecule has 0 radical (unpaired) electrons. The van der Waals surface area contributed by atoms with Crippen molar-refractivity contribution in [2.24, 2.45) is 0 Å². The Bertz CT molecular complexity index is 296. The van der Waals surface area contributed by atoms with Crippen molar-refractivity contribution in [2.45, 2.75) is 20.0 Å². The Labute approximate surface area is 72.5 Å². The van der Waals surface area contributed by atoms with Gasteiger partial charge < -0.3 is 10.1 Å². The minimum atomic E-state index is 0.277. The van der Waals surface area contributed by atoms with Gasteiger partial charge in [0.15, 0.2) is 0 Å². The quantitative estimate of drug-likeness (QED) is 0.633. The molecule has 0 fully saturated rings. The van der Waals surface area contributed by atoms with E-state index in [0.717, 1.165) is 18.0 Å². The summed E-state index contributed by atoms with van der Waals surface area (Å²) in [5.74, 6) is 0.980. The third kappa shape index (κ3) is 1.24. The summed E-state index contributed by atoms with van der Waals surface area (Å²) in [4.78, 5) is 0. The zero-order valence-corrected chi connectivity index (χ0v) is 7.42. The number of anilines is 1. The molecule has 1 aromatic carbocycles. The minimum Gasteiger partial charge on any atom is -0.487 e. The molecule has 0 amide bonds. The van der Waals surface area contributed by atoms with Crippen molar-refractivity contribution in [1.29, 1.82) is 0 Å². The molecule has 1 aromatic rings. The van der Waals surface area contributed by atoms with E-state index in [2.05, 4.69) is 37.4 Å². The number of fused-ring (bicyclic) bond motifs is 1. The van der Waals surface area contributed by atoms with Crippen LogP contribution in [-0.2, 0) is 0 Å². The maximum absolute atomic E-state index is 5.65. The van der Waals surface area contributed by atoms with Crippen molar-refractivity contribution in [3.05, 3.63) is 23.8 Å². The third-order valence-electron chi connectivity index (χ3n) is 2.05. The SMILES string of the molecule is Cc1ccc2c(c1)O[C@H](C)CN2. The average molecular weight is 163 g/mol. The van der Waals surface area contributed by atoms with Crippen molar-refractivity contribution < 1.29 is 4.74 Å². The van der Waals surface area contributed by atoms with E-state index in [0.29, 0.717) is 0 Å². The van der Waals surface area contributed by atoms with E-state index in [-0.39, 0.29) is 6.10 Å². The third-order valence-corrected chi connectivity index (χ3v) is 2.05. The van der Waals surface area contributed by atoms with Gasteiger partial charge in [0.05, 0.1) is 12.2 Å². The first-order valence-corrected chi connectivity index (χ1v) is 4.27. The summed E-state index contributed by atoms with van der Waals surface area (Å²) < 4.78 is 5.65. The van der Waals surface area contributed by atoms with Crippen LogP contribution in [0.15, 0.2) is 18.2 Å². The van der Waals surface area contributed by atoms with E-state index in [1.54, 1.807) is 0 Å². The van der Waals surface area contributed by atoms with E-state index in [9.17, 15) is 0 Å². The lowest BCUT2D eigenvalue weighted by Crippen LogP contribution is -2.27. The first-order valence-electron chi connectivity index (χ1n) is 4.27. The van der Waals surface area contributed by atoms with Crippen LogP contribution >= 0.6 is 0 Å². The van der Waals surface area contributed by atoms with Gasteiger partial charge in [-0.25, -0.2) is 0 Å². The highest BCUT2D eigenvalue weighted by molar-refractivity contribution is 5.59. The Morgan fingerprint density at radius 3 is 3.17 bits per heavy atom. The van der Waals surface area contributed by atoms with Crippen LogP contribution in [0.25, 0.3) is 0 Å². The molecule has 0 aromatic heterocycles. The van der Waals surface area contributed by atoms with Gasteiger partial charge in [0.2, 0.25) is 0 Å². The van der Waals surface area contributed by atoms with Crippen molar-refractivity contribution >= 4 is 5.69 Å². The molecule has 0 saturated heterocycles. The lowest BCUT2D eigenvalue weighted by Gasteiger charge is -2.24. The van der Waals surface area contributed by atoms with Crippen LogP contribution in [0.5, 0.6) is 5.75 Å². The largest absolute Gasteiger partial charge is 0.487 e. The molecule has 2 rings (SSSR count). The molecule has 2 nitrogen and oxygen atoms in total. The molecule has 12 heavy (non-hydrogen) atoms. The van der Waals surface area contributed by atoms with Crippen LogP contribution in [-0.4, -0.2) is 12.6 Å². The number of benzene rings is 1. The highest BCUT2D eigenvalue weighted by atomic mass is 16.5. The molecule has 1 atom stereocenters. The molecule has 1 N–H and O–H groups in total. The molecule has 0 aliphatic carbocycles. The molecule has 1 aliphatic heterocycles. The van der Waals surface area contributed by atoms with Crippen LogP contribution < -0.4 is 10.1 Å². The Balaban J connectivity index is 2.37. The maximum Gasteiger partial charge on any atom is 0.143 e. The summed E-state index contributed by atoms with van der Waals surface area (Å²) >= 11 is 0. The van der Waals surface area contributed by atoms with Crippen LogP contribution in [0.2, 0.25) is 0 Å². The van der Waals surface area contributed by atoms with Gasteiger partial charge in [0.25, 0.3) is 0 Å². The van der Waals surface area contributed by atoms with Crippen molar-refractivity contribution in [3.8, 4) is 5.75 Å². The molecule has 64 valence electrons. The zero-order chi connectivity index (χ0) is 8.55. The second-order valence-electron chi connectivity index (χ2n) is 3.31. The Kier molecular flexibility index (Phi) is 1.68. The van der Waals surface area contributed by atoms with Gasteiger partial charge in [0, 0.05) is 0 Å². The number of aryl methyl sites for hydroxylation is 1. The van der Waals surface area contributed by atoms with Crippen LogP contribution in [0.3, 0.4) is 0 Å². The molecule has 0 unspecified atom stereocenters. The van der Waals surface area contributed by atoms with Gasteiger partial charge in [-0.05, 0) is 31.5 Å². The summed E-state index contributed by atoms with van der Waals surface area (Å²) in [6, 6.07) is 6.22. The van der Waals surface area contributed by atoms with E-state index in [1.807, 2.05) is 0 Å². The number of hydrogen-bond acceptors (Lipinski definition) is 2. The van der Waals surface area contributed by atoms with Crippen LogP contribution in [0, 0.1) is 6.92 Å². The lowest BCUT2D eigenvalue weighted by molar-refractivity contribution is 0.226. The maximum atomic E-state index is 5.65. The van der Waals surface area contributed by atoms with Gasteiger partial charge in [0.1, 0.15) is 11.9 Å². The summed E-state index contributed by atoms with van der Waals surface area (Å²) in [5.41, 5.74) is 2.35. The fraction of sp³-hybridized carbons (Fsp3) is 0.400. The van der Waals surface area contributed by atoms with Crippen LogP contribution in [0.4, 0.5) is 5.69 Å². The number of nitrogens with one attached hydrogen (secondary N) is 1. The molecule has 0 bridgehead atoms. The molecule has 0 saturated carbocycles. The smallest absolute Gasteiger partial charge is 0.143 e. The van der Waals surface area contributed by atoms with E-state index < -0.39 is 0 Å². The summed E-state index contributed by atoms with van der Waals surface area (Å²) in [5, 5.41) is 3.31. The molecule has 1 heterocycles. The number of ether oxygens (including phenoxy) is 1. The zero-order valence-electron chi connectivity index (χ0n) is 7.42. The topological polar surface area (TPSA) is 21.3 Å². The lowest BCUT2D eigenvalue weighted by atomic mass is 10.2. The first kappa shape index (κ1) is 7.47. The highest BCUT2D eigenvalue weighted by Crippen LogP contribution is 2.29. The van der Waals surface area contributed by atoms with Crippen molar-refractivity contribution in [2.75, 3.05) is 11.9 Å². The molecular weight excluding hydrogens is 150 g/mol. The van der Waals surface area contributed by atoms with Crippen molar-refractivity contribution in [3.63, 3.8) is 0 Å². The Morgan fingerprint density at radius 2 is 2.33 bits per heavy atom. The van der Waals surface area contributed by atoms with Crippen LogP contribution in [0.1, 0.15) is 12.5 Å². The number of hydrogen-bond donors (Lipinski definition) is 1. The summed E-state index contributed by atoms with van der Waals surface area (Å²) in [6.07, 6.45) is 0.277. The normalized spacial score (nSPS) is 20.7. The Morgan fingerprint density at radius 1 is 1.50 bits per heavy atom. The van der Waals surface area contributed by atoms with Gasteiger partial charge in [-0.2, -0.15) is 0 Å². The summed E-state index contributed by atoms with van der Waals surface area (Å²) in [7, 11) is 0. The molecule has 1 aliphatic rings. The first-order chi connectivity index (χ1) is 5.75. The molecule has 2 heteroatoms. The van der Waals surface area contributed by atoms with Gasteiger partial charge in [-0.1, -0.05) is 6.07 Å². The fourth-order valence-corrected chi connectivity index (χ4v) is 1.39. The average Bonchev–Trinajstić information content (AvgIpc) is 2.03. The highest BCUT2D eigenvalue weighted by Gasteiger charge is 2.14. The van der Waals surface area contributed by atoms with Gasteiger partial charge in [-0.3, -0.25) is 0 Å². The van der Waals surface area contributed by atoms with Gasteiger partial charge in [-0.15, -0.1) is 0 Å². The second kappa shape index (κ2) is 2.70. The second-order valence-corrected chi connectivity index (χ2v) is 3.31. The fourth-order valence-electron chi connectivity index (χ4n) is 1.39. The Hall–Kier alpha value is -1.18. The summed E-state index contributed by atoms with van der Waals surface area (Å²) in [6.45, 7) is 5.04. The predicted molar refractivity (Wildman–Crippen MR) is 49.8 cm³/mol. The monoisotopic (exact) mass is 163 g/mol. The molecule has 0 spiro atoms. The van der Waals surface area contributed by atoms with Gasteiger partial charge >= 0.3 is 0 Å². The van der Waals surface area contributed by atoms with E-state index >= 15 is 0 Å².